The molecule has 24 heavy (non-hydrogen) atoms. The lowest BCUT2D eigenvalue weighted by atomic mass is 9.85. The van der Waals surface area contributed by atoms with Crippen molar-refractivity contribution in [3.8, 4) is 0 Å². The predicted molar refractivity (Wildman–Crippen MR) is 100 cm³/mol. The lowest BCUT2D eigenvalue weighted by molar-refractivity contribution is 0.0935. The Morgan fingerprint density at radius 3 is 2.71 bits per heavy atom. The Morgan fingerprint density at radius 1 is 1.25 bits per heavy atom. The van der Waals surface area contributed by atoms with Gasteiger partial charge < -0.3 is 10.6 Å². The number of halogens is 2. The van der Waals surface area contributed by atoms with Gasteiger partial charge in [0.25, 0.3) is 5.91 Å². The molecule has 2 N–H and O–H groups in total. The molecule has 126 valence electrons. The molecule has 0 fully saturated rings. The number of carbonyl (C=O) groups excluding carboxylic acids is 1. The third kappa shape index (κ3) is 2.61. The lowest BCUT2D eigenvalue weighted by Gasteiger charge is -2.28. The van der Waals surface area contributed by atoms with E-state index in [1.807, 2.05) is 0 Å². The number of rotatable bonds is 2. The lowest BCUT2D eigenvalue weighted by Crippen LogP contribution is -2.38. The van der Waals surface area contributed by atoms with Gasteiger partial charge in [-0.3, -0.25) is 4.79 Å². The van der Waals surface area contributed by atoms with Gasteiger partial charge in [0.15, 0.2) is 0 Å². The van der Waals surface area contributed by atoms with Crippen LogP contribution >= 0.6 is 34.5 Å². The summed E-state index contributed by atoms with van der Waals surface area (Å²) in [5.74, 6) is 0.701. The number of hydrogen-bond acceptors (Lipinski definition) is 3. The Labute approximate surface area is 155 Å². The Kier molecular flexibility index (Phi) is 4.23. The van der Waals surface area contributed by atoms with Gasteiger partial charge in [-0.1, -0.05) is 42.6 Å². The van der Waals surface area contributed by atoms with Crippen LogP contribution in [0, 0.1) is 5.92 Å². The van der Waals surface area contributed by atoms with Crippen LogP contribution in [-0.2, 0) is 12.8 Å². The summed E-state index contributed by atoms with van der Waals surface area (Å²) >= 11 is 14.3. The number of nitrogens with one attached hydrogen (secondary N) is 2. The monoisotopic (exact) mass is 380 g/mol. The third-order valence-electron chi connectivity index (χ3n) is 5.01. The molecule has 4 rings (SSSR count). The summed E-state index contributed by atoms with van der Waals surface area (Å²) in [4.78, 5) is 14.1. The predicted octanol–water partition coefficient (Wildman–Crippen LogP) is 5.42. The molecule has 2 aliphatic rings. The molecule has 0 saturated carbocycles. The summed E-state index contributed by atoms with van der Waals surface area (Å²) in [6.07, 6.45) is 4.04. The van der Waals surface area contributed by atoms with Crippen LogP contribution in [0.25, 0.3) is 0 Å². The number of benzene rings is 1. The molecule has 2 aromatic rings. The van der Waals surface area contributed by atoms with Gasteiger partial charge in [0.2, 0.25) is 0 Å². The van der Waals surface area contributed by atoms with E-state index < -0.39 is 6.17 Å². The Bertz CT molecular complexity index is 797. The van der Waals surface area contributed by atoms with Crippen LogP contribution < -0.4 is 10.6 Å². The van der Waals surface area contributed by atoms with Gasteiger partial charge in [-0.15, -0.1) is 11.3 Å². The van der Waals surface area contributed by atoms with Crippen molar-refractivity contribution in [3.63, 3.8) is 0 Å². The molecule has 1 aliphatic heterocycles. The molecule has 3 nitrogen and oxygen atoms in total. The molecule has 6 heteroatoms. The molecule has 0 unspecified atom stereocenters. The van der Waals surface area contributed by atoms with Crippen LogP contribution in [0.3, 0.4) is 0 Å². The topological polar surface area (TPSA) is 41.1 Å². The van der Waals surface area contributed by atoms with Gasteiger partial charge in [0.1, 0.15) is 11.2 Å². The fourth-order valence-corrected chi connectivity index (χ4v) is 5.65. The fraction of sp³-hybridized carbons (Fsp3) is 0.389. The summed E-state index contributed by atoms with van der Waals surface area (Å²) in [6.45, 7) is 2.24. The van der Waals surface area contributed by atoms with Crippen molar-refractivity contribution in [2.75, 3.05) is 5.32 Å². The second-order valence-corrected chi connectivity index (χ2v) is 8.33. The quantitative estimate of drug-likeness (QED) is 0.729. The number of anilines is 1. The maximum absolute atomic E-state index is 12.7. The van der Waals surface area contributed by atoms with Crippen LogP contribution in [0.4, 0.5) is 5.00 Å². The molecular weight excluding hydrogens is 363 g/mol. The highest BCUT2D eigenvalue weighted by atomic mass is 35.5. The largest absolute Gasteiger partial charge is 0.353 e. The molecule has 0 spiro atoms. The van der Waals surface area contributed by atoms with Crippen LogP contribution in [0.1, 0.15) is 52.3 Å². The van der Waals surface area contributed by atoms with E-state index >= 15 is 0 Å². The number of hydrogen-bond donors (Lipinski definition) is 2. The van der Waals surface area contributed by atoms with Gasteiger partial charge in [0.05, 0.1) is 5.56 Å². The molecule has 1 aromatic heterocycles. The van der Waals surface area contributed by atoms with Gasteiger partial charge >= 0.3 is 0 Å². The zero-order valence-corrected chi connectivity index (χ0v) is 15.6. The average molecular weight is 381 g/mol. The second-order valence-electron chi connectivity index (χ2n) is 6.41. The molecule has 0 saturated heterocycles. The van der Waals surface area contributed by atoms with Crippen molar-refractivity contribution in [2.24, 2.45) is 5.92 Å². The van der Waals surface area contributed by atoms with Gasteiger partial charge in [0, 0.05) is 20.5 Å². The molecule has 1 amide bonds. The normalized spacial score (nSPS) is 22.4. The highest BCUT2D eigenvalue weighted by Crippen LogP contribution is 2.44. The minimum Gasteiger partial charge on any atom is -0.353 e. The van der Waals surface area contributed by atoms with Crippen molar-refractivity contribution < 1.29 is 4.79 Å². The first-order valence-corrected chi connectivity index (χ1v) is 9.81. The molecule has 0 bridgehead atoms. The van der Waals surface area contributed by atoms with E-state index in [1.54, 1.807) is 29.5 Å². The van der Waals surface area contributed by atoms with Crippen molar-refractivity contribution in [2.45, 2.75) is 38.8 Å². The number of carbonyl (C=O) groups is 1. The number of fused-ring (bicyclic) bond motifs is 3. The Hall–Kier alpha value is -1.23. The first kappa shape index (κ1) is 16.2. The summed E-state index contributed by atoms with van der Waals surface area (Å²) < 4.78 is 0. The van der Waals surface area contributed by atoms with Gasteiger partial charge in [-0.05, 0) is 42.9 Å². The average Bonchev–Trinajstić information content (AvgIpc) is 2.92. The molecular formula is C18H18Cl2N2OS. The highest BCUT2D eigenvalue weighted by Gasteiger charge is 2.34. The maximum Gasteiger partial charge on any atom is 0.256 e. The second kappa shape index (κ2) is 6.25. The smallest absolute Gasteiger partial charge is 0.256 e. The Morgan fingerprint density at radius 2 is 2.00 bits per heavy atom. The standard InChI is InChI=1S/C18H18Cl2N2OS/c1-2-9-6-7-10-13(8-9)24-18-14(10)17(23)21-16(22-18)15-11(19)4-3-5-12(15)20/h3-5,9,16,22H,2,6-8H2,1H3,(H,21,23)/t9-,16-/m0/s1. The molecule has 1 aliphatic carbocycles. The zero-order chi connectivity index (χ0) is 16.8. The van der Waals surface area contributed by atoms with Crippen molar-refractivity contribution >= 4 is 45.4 Å². The highest BCUT2D eigenvalue weighted by molar-refractivity contribution is 7.16. The van der Waals surface area contributed by atoms with E-state index in [0.29, 0.717) is 10.0 Å². The van der Waals surface area contributed by atoms with E-state index in [-0.39, 0.29) is 5.91 Å². The SMILES string of the molecule is CC[C@H]1CCc2c(sc3c2C(=O)N[C@H](c2c(Cl)cccc2Cl)N3)C1. The van der Waals surface area contributed by atoms with Crippen LogP contribution in [0.2, 0.25) is 10.0 Å². The minimum atomic E-state index is -0.395. The molecule has 0 radical (unpaired) electrons. The summed E-state index contributed by atoms with van der Waals surface area (Å²) in [7, 11) is 0. The van der Waals surface area contributed by atoms with Crippen molar-refractivity contribution in [1.82, 2.24) is 5.32 Å². The first-order valence-electron chi connectivity index (χ1n) is 8.24. The number of thiophene rings is 1. The minimum absolute atomic E-state index is 0.0304. The van der Waals surface area contributed by atoms with E-state index in [0.717, 1.165) is 34.9 Å². The number of amides is 1. The van der Waals surface area contributed by atoms with E-state index in [2.05, 4.69) is 17.6 Å². The Balaban J connectivity index is 1.71. The molecule has 2 heterocycles. The maximum atomic E-state index is 12.7. The fourth-order valence-electron chi connectivity index (χ4n) is 3.65. The van der Waals surface area contributed by atoms with E-state index in [9.17, 15) is 4.79 Å². The van der Waals surface area contributed by atoms with Crippen LogP contribution in [0.5, 0.6) is 0 Å². The van der Waals surface area contributed by atoms with Gasteiger partial charge in [-0.2, -0.15) is 0 Å². The third-order valence-corrected chi connectivity index (χ3v) is 6.86. The zero-order valence-electron chi connectivity index (χ0n) is 13.3. The first-order chi connectivity index (χ1) is 11.6. The van der Waals surface area contributed by atoms with Gasteiger partial charge in [-0.25, -0.2) is 0 Å². The summed E-state index contributed by atoms with van der Waals surface area (Å²) in [6, 6.07) is 5.38. The molecule has 1 aromatic carbocycles. The summed E-state index contributed by atoms with van der Waals surface area (Å²) in [5, 5.41) is 8.50. The van der Waals surface area contributed by atoms with Crippen molar-refractivity contribution in [1.29, 1.82) is 0 Å². The van der Waals surface area contributed by atoms with Crippen LogP contribution in [-0.4, -0.2) is 5.91 Å². The van der Waals surface area contributed by atoms with E-state index in [1.165, 1.54) is 23.3 Å². The van der Waals surface area contributed by atoms with Crippen LogP contribution in [0.15, 0.2) is 18.2 Å². The van der Waals surface area contributed by atoms with E-state index in [4.69, 9.17) is 23.2 Å². The summed E-state index contributed by atoms with van der Waals surface area (Å²) in [5.41, 5.74) is 2.77. The van der Waals surface area contributed by atoms with Crippen molar-refractivity contribution in [3.05, 3.63) is 49.8 Å². The molecule has 2 atom stereocenters.